The van der Waals surface area contributed by atoms with Crippen LogP contribution in [0.1, 0.15) is 64.7 Å². The number of carbonyl (C=O) groups is 1. The fraction of sp³-hybridized carbons (Fsp3) is 0.929. The largest absolute Gasteiger partial charge is 0.335 e. The van der Waals surface area contributed by atoms with Crippen molar-refractivity contribution in [1.82, 2.24) is 10.2 Å². The second-order valence-corrected chi connectivity index (χ2v) is 5.68. The predicted molar refractivity (Wildman–Crippen MR) is 70.0 cm³/mol. The van der Waals surface area contributed by atoms with E-state index >= 15 is 0 Å². The highest BCUT2D eigenvalue weighted by Crippen LogP contribution is 2.20. The fourth-order valence-corrected chi connectivity index (χ4v) is 3.08. The Labute approximate surface area is 105 Å². The highest BCUT2D eigenvalue weighted by molar-refractivity contribution is 5.74. The Kier molecular flexibility index (Phi) is 4.69. The van der Waals surface area contributed by atoms with Crippen molar-refractivity contribution in [2.24, 2.45) is 0 Å². The van der Waals surface area contributed by atoms with Gasteiger partial charge in [-0.3, -0.25) is 0 Å². The average molecular weight is 238 g/mol. The molecule has 3 nitrogen and oxygen atoms in total. The first-order valence-corrected chi connectivity index (χ1v) is 7.34. The molecule has 17 heavy (non-hydrogen) atoms. The molecule has 1 saturated carbocycles. The lowest BCUT2D eigenvalue weighted by Gasteiger charge is -2.31. The molecule has 1 saturated heterocycles. The third-order valence-electron chi connectivity index (χ3n) is 4.25. The molecule has 0 aromatic rings. The number of hydrogen-bond acceptors (Lipinski definition) is 1. The molecular formula is C14H26N2O. The van der Waals surface area contributed by atoms with Crippen molar-refractivity contribution in [1.29, 1.82) is 0 Å². The summed E-state index contributed by atoms with van der Waals surface area (Å²) in [6, 6.07) is 1.04. The lowest BCUT2D eigenvalue weighted by Crippen LogP contribution is -2.48. The second kappa shape index (κ2) is 6.27. The van der Waals surface area contributed by atoms with Crippen molar-refractivity contribution >= 4 is 6.03 Å². The van der Waals surface area contributed by atoms with Crippen LogP contribution in [0.25, 0.3) is 0 Å². The minimum Gasteiger partial charge on any atom is -0.335 e. The molecule has 1 heterocycles. The highest BCUT2D eigenvalue weighted by atomic mass is 16.2. The number of urea groups is 1. The SMILES string of the molecule is CC1CCCCCN1C(=O)NC1CCCCC1. The maximum atomic E-state index is 12.2. The summed E-state index contributed by atoms with van der Waals surface area (Å²) in [5.74, 6) is 0. The third kappa shape index (κ3) is 3.62. The molecule has 2 amide bonds. The molecular weight excluding hydrogens is 212 g/mol. The van der Waals surface area contributed by atoms with Crippen LogP contribution in [0.4, 0.5) is 4.79 Å². The molecule has 2 rings (SSSR count). The van der Waals surface area contributed by atoms with E-state index in [0.717, 1.165) is 13.0 Å². The number of amides is 2. The predicted octanol–water partition coefficient (Wildman–Crippen LogP) is 3.29. The number of rotatable bonds is 1. The molecule has 1 N–H and O–H groups in total. The lowest BCUT2D eigenvalue weighted by molar-refractivity contribution is 0.173. The normalized spacial score (nSPS) is 27.6. The van der Waals surface area contributed by atoms with E-state index in [-0.39, 0.29) is 6.03 Å². The fourth-order valence-electron chi connectivity index (χ4n) is 3.08. The van der Waals surface area contributed by atoms with Gasteiger partial charge >= 0.3 is 6.03 Å². The second-order valence-electron chi connectivity index (χ2n) is 5.68. The van der Waals surface area contributed by atoms with Crippen LogP contribution in [0.5, 0.6) is 0 Å². The van der Waals surface area contributed by atoms with Crippen LogP contribution in [-0.4, -0.2) is 29.6 Å². The molecule has 1 aliphatic carbocycles. The molecule has 3 heteroatoms. The quantitative estimate of drug-likeness (QED) is 0.747. The van der Waals surface area contributed by atoms with Crippen LogP contribution in [0.2, 0.25) is 0 Å². The van der Waals surface area contributed by atoms with Gasteiger partial charge in [-0.1, -0.05) is 32.1 Å². The zero-order valence-electron chi connectivity index (χ0n) is 11.1. The smallest absolute Gasteiger partial charge is 0.317 e. The number of hydrogen-bond donors (Lipinski definition) is 1. The summed E-state index contributed by atoms with van der Waals surface area (Å²) in [6.07, 6.45) is 11.1. The first-order valence-electron chi connectivity index (χ1n) is 7.34. The van der Waals surface area contributed by atoms with Gasteiger partial charge in [0.25, 0.3) is 0 Å². The Bertz CT molecular complexity index is 249. The van der Waals surface area contributed by atoms with Crippen molar-refractivity contribution < 1.29 is 4.79 Å². The van der Waals surface area contributed by atoms with Gasteiger partial charge in [0, 0.05) is 18.6 Å². The van der Waals surface area contributed by atoms with E-state index in [1.165, 1.54) is 51.4 Å². The van der Waals surface area contributed by atoms with Gasteiger partial charge in [0.05, 0.1) is 0 Å². The van der Waals surface area contributed by atoms with Crippen molar-refractivity contribution in [3.63, 3.8) is 0 Å². The van der Waals surface area contributed by atoms with E-state index < -0.39 is 0 Å². The Morgan fingerprint density at radius 2 is 1.65 bits per heavy atom. The van der Waals surface area contributed by atoms with Crippen LogP contribution in [-0.2, 0) is 0 Å². The summed E-state index contributed by atoms with van der Waals surface area (Å²) in [4.78, 5) is 14.3. The molecule has 0 spiro atoms. The third-order valence-corrected chi connectivity index (χ3v) is 4.25. The van der Waals surface area contributed by atoms with E-state index in [1.807, 2.05) is 0 Å². The topological polar surface area (TPSA) is 32.3 Å². The van der Waals surface area contributed by atoms with Gasteiger partial charge in [-0.2, -0.15) is 0 Å². The zero-order chi connectivity index (χ0) is 12.1. The van der Waals surface area contributed by atoms with Gasteiger partial charge in [0.15, 0.2) is 0 Å². The number of nitrogens with zero attached hydrogens (tertiary/aromatic N) is 1. The highest BCUT2D eigenvalue weighted by Gasteiger charge is 2.24. The number of carbonyl (C=O) groups excluding carboxylic acids is 1. The molecule has 0 radical (unpaired) electrons. The van der Waals surface area contributed by atoms with E-state index in [9.17, 15) is 4.79 Å². The summed E-state index contributed by atoms with van der Waals surface area (Å²) in [5, 5.41) is 3.23. The van der Waals surface area contributed by atoms with Crippen molar-refractivity contribution in [3.8, 4) is 0 Å². The summed E-state index contributed by atoms with van der Waals surface area (Å²) in [5.41, 5.74) is 0. The van der Waals surface area contributed by atoms with Gasteiger partial charge in [-0.25, -0.2) is 4.79 Å². The Morgan fingerprint density at radius 1 is 1.00 bits per heavy atom. The van der Waals surface area contributed by atoms with Crippen LogP contribution in [0.15, 0.2) is 0 Å². The van der Waals surface area contributed by atoms with Crippen LogP contribution in [0.3, 0.4) is 0 Å². The molecule has 1 unspecified atom stereocenters. The van der Waals surface area contributed by atoms with Crippen LogP contribution in [0, 0.1) is 0 Å². The molecule has 1 aliphatic heterocycles. The summed E-state index contributed by atoms with van der Waals surface area (Å²) in [7, 11) is 0. The maximum absolute atomic E-state index is 12.2. The van der Waals surface area contributed by atoms with E-state index in [2.05, 4.69) is 17.1 Å². The van der Waals surface area contributed by atoms with Gasteiger partial charge in [-0.05, 0) is 32.6 Å². The van der Waals surface area contributed by atoms with E-state index in [4.69, 9.17) is 0 Å². The molecule has 1 atom stereocenters. The van der Waals surface area contributed by atoms with Crippen LogP contribution < -0.4 is 5.32 Å². The average Bonchev–Trinajstić information content (AvgIpc) is 2.55. The molecule has 2 fully saturated rings. The van der Waals surface area contributed by atoms with Crippen molar-refractivity contribution in [2.45, 2.75) is 76.8 Å². The Balaban J connectivity index is 1.84. The van der Waals surface area contributed by atoms with Gasteiger partial charge in [0.1, 0.15) is 0 Å². The minimum atomic E-state index is 0.186. The monoisotopic (exact) mass is 238 g/mol. The van der Waals surface area contributed by atoms with E-state index in [1.54, 1.807) is 0 Å². The van der Waals surface area contributed by atoms with Crippen LogP contribution >= 0.6 is 0 Å². The first-order chi connectivity index (χ1) is 8.27. The number of likely N-dealkylation sites (tertiary alicyclic amines) is 1. The number of nitrogens with one attached hydrogen (secondary N) is 1. The minimum absolute atomic E-state index is 0.186. The molecule has 2 aliphatic rings. The molecule has 0 aromatic carbocycles. The Hall–Kier alpha value is -0.730. The molecule has 0 aromatic heterocycles. The van der Waals surface area contributed by atoms with Gasteiger partial charge in [-0.15, -0.1) is 0 Å². The Morgan fingerprint density at radius 3 is 2.41 bits per heavy atom. The summed E-state index contributed by atoms with van der Waals surface area (Å²) in [6.45, 7) is 3.13. The molecule has 98 valence electrons. The van der Waals surface area contributed by atoms with Gasteiger partial charge in [0.2, 0.25) is 0 Å². The standard InChI is InChI=1S/C14H26N2O/c1-12-8-4-3-7-11-16(12)14(17)15-13-9-5-2-6-10-13/h12-13H,2-11H2,1H3,(H,15,17). The lowest BCUT2D eigenvalue weighted by atomic mass is 9.96. The van der Waals surface area contributed by atoms with Crippen molar-refractivity contribution in [3.05, 3.63) is 0 Å². The summed E-state index contributed by atoms with van der Waals surface area (Å²) >= 11 is 0. The van der Waals surface area contributed by atoms with Crippen molar-refractivity contribution in [2.75, 3.05) is 6.54 Å². The molecule has 0 bridgehead atoms. The first kappa shape index (κ1) is 12.7. The maximum Gasteiger partial charge on any atom is 0.317 e. The van der Waals surface area contributed by atoms with E-state index in [0.29, 0.717) is 12.1 Å². The zero-order valence-corrected chi connectivity index (χ0v) is 11.1. The van der Waals surface area contributed by atoms with Gasteiger partial charge < -0.3 is 10.2 Å². The summed E-state index contributed by atoms with van der Waals surface area (Å²) < 4.78 is 0.